The maximum atomic E-state index is 13.6. The highest BCUT2D eigenvalue weighted by atomic mass is 79.9. The SMILES string of the molecule is CC(C)(C)OC(=O)NCC=Cc1c(F)cc(Cl)cc1Br. The zero-order valence-corrected chi connectivity index (χ0v) is 13.8. The van der Waals surface area contributed by atoms with E-state index in [1.807, 2.05) is 0 Å². The van der Waals surface area contributed by atoms with Crippen LogP contribution in [0.4, 0.5) is 9.18 Å². The van der Waals surface area contributed by atoms with Gasteiger partial charge in [-0.25, -0.2) is 9.18 Å². The van der Waals surface area contributed by atoms with Crippen LogP contribution in [0, 0.1) is 5.82 Å². The summed E-state index contributed by atoms with van der Waals surface area (Å²) in [5, 5.41) is 2.87. The molecule has 0 unspecified atom stereocenters. The molecule has 0 aliphatic carbocycles. The van der Waals surface area contributed by atoms with Crippen molar-refractivity contribution in [1.82, 2.24) is 5.32 Å². The number of halogens is 3. The Morgan fingerprint density at radius 1 is 1.50 bits per heavy atom. The van der Waals surface area contributed by atoms with Crippen molar-refractivity contribution in [2.45, 2.75) is 26.4 Å². The summed E-state index contributed by atoms with van der Waals surface area (Å²) in [4.78, 5) is 11.4. The van der Waals surface area contributed by atoms with Gasteiger partial charge >= 0.3 is 6.09 Å². The lowest BCUT2D eigenvalue weighted by Crippen LogP contribution is -2.32. The molecule has 0 radical (unpaired) electrons. The first-order valence-electron chi connectivity index (χ1n) is 5.97. The van der Waals surface area contributed by atoms with Gasteiger partial charge in [0, 0.05) is 21.6 Å². The summed E-state index contributed by atoms with van der Waals surface area (Å²) in [7, 11) is 0. The van der Waals surface area contributed by atoms with Gasteiger partial charge in [-0.15, -0.1) is 0 Å². The first-order chi connectivity index (χ1) is 9.19. The molecule has 1 N–H and O–H groups in total. The highest BCUT2D eigenvalue weighted by Gasteiger charge is 2.15. The van der Waals surface area contributed by atoms with Crippen LogP contribution >= 0.6 is 27.5 Å². The van der Waals surface area contributed by atoms with Crippen LogP contribution in [0.15, 0.2) is 22.7 Å². The molecule has 0 fully saturated rings. The molecule has 3 nitrogen and oxygen atoms in total. The van der Waals surface area contributed by atoms with Crippen LogP contribution in [0.5, 0.6) is 0 Å². The average Bonchev–Trinajstić information content (AvgIpc) is 2.23. The number of ether oxygens (including phenoxy) is 1. The van der Waals surface area contributed by atoms with E-state index in [1.165, 1.54) is 6.07 Å². The fraction of sp³-hybridized carbons (Fsp3) is 0.357. The molecule has 0 atom stereocenters. The van der Waals surface area contributed by atoms with Crippen molar-refractivity contribution in [1.29, 1.82) is 0 Å². The Labute approximate surface area is 131 Å². The zero-order valence-electron chi connectivity index (χ0n) is 11.5. The Kier molecular flexibility index (Phi) is 6.02. The summed E-state index contributed by atoms with van der Waals surface area (Å²) in [6.45, 7) is 5.58. The summed E-state index contributed by atoms with van der Waals surface area (Å²) in [6, 6.07) is 2.83. The highest BCUT2D eigenvalue weighted by Crippen LogP contribution is 2.25. The van der Waals surface area contributed by atoms with E-state index < -0.39 is 17.5 Å². The van der Waals surface area contributed by atoms with Gasteiger partial charge in [0.05, 0.1) is 0 Å². The van der Waals surface area contributed by atoms with Crippen molar-refractivity contribution in [3.63, 3.8) is 0 Å². The lowest BCUT2D eigenvalue weighted by atomic mass is 10.2. The van der Waals surface area contributed by atoms with Crippen molar-refractivity contribution in [2.75, 3.05) is 6.54 Å². The lowest BCUT2D eigenvalue weighted by Gasteiger charge is -2.19. The molecule has 0 saturated carbocycles. The average molecular weight is 365 g/mol. The predicted octanol–water partition coefficient (Wildman–Crippen LogP) is 4.78. The number of carbonyl (C=O) groups is 1. The van der Waals surface area contributed by atoms with Crippen LogP contribution < -0.4 is 5.32 Å². The minimum atomic E-state index is -0.543. The van der Waals surface area contributed by atoms with Crippen molar-refractivity contribution in [3.05, 3.63) is 39.1 Å². The molecule has 0 spiro atoms. The standard InChI is InChI=1S/C14H16BrClFNO2/c1-14(2,3)20-13(19)18-6-4-5-10-11(15)7-9(16)8-12(10)17/h4-5,7-8H,6H2,1-3H3,(H,18,19). The van der Waals surface area contributed by atoms with E-state index in [1.54, 1.807) is 39.0 Å². The van der Waals surface area contributed by atoms with E-state index in [2.05, 4.69) is 21.2 Å². The summed E-state index contributed by atoms with van der Waals surface area (Å²) in [6.07, 6.45) is 2.67. The topological polar surface area (TPSA) is 38.3 Å². The number of rotatable bonds is 3. The third-order valence-corrected chi connectivity index (χ3v) is 2.97. The van der Waals surface area contributed by atoms with Gasteiger partial charge in [-0.2, -0.15) is 0 Å². The van der Waals surface area contributed by atoms with Crippen LogP contribution in [-0.2, 0) is 4.74 Å². The first kappa shape index (κ1) is 17.0. The number of benzene rings is 1. The molecule has 1 aromatic carbocycles. The highest BCUT2D eigenvalue weighted by molar-refractivity contribution is 9.10. The monoisotopic (exact) mass is 363 g/mol. The summed E-state index contributed by atoms with van der Waals surface area (Å²) >= 11 is 8.95. The third-order valence-electron chi connectivity index (χ3n) is 2.09. The molecule has 0 aliphatic rings. The molecule has 0 saturated heterocycles. The molecule has 1 amide bonds. The first-order valence-corrected chi connectivity index (χ1v) is 7.14. The second-order valence-electron chi connectivity index (χ2n) is 5.07. The number of alkyl carbamates (subject to hydrolysis) is 1. The molecule has 0 aromatic heterocycles. The Bertz CT molecular complexity index is 503. The molecule has 20 heavy (non-hydrogen) atoms. The van der Waals surface area contributed by atoms with Crippen LogP contribution in [0.2, 0.25) is 5.02 Å². The lowest BCUT2D eigenvalue weighted by molar-refractivity contribution is 0.0534. The second-order valence-corrected chi connectivity index (χ2v) is 6.36. The Balaban J connectivity index is 2.56. The number of carbonyl (C=O) groups excluding carboxylic acids is 1. The normalized spacial score (nSPS) is 11.7. The number of amides is 1. The summed E-state index contributed by atoms with van der Waals surface area (Å²) in [5.74, 6) is -0.433. The maximum Gasteiger partial charge on any atom is 0.407 e. The molecular weight excluding hydrogens is 349 g/mol. The second kappa shape index (κ2) is 7.09. The van der Waals surface area contributed by atoms with Crippen molar-refractivity contribution in [2.24, 2.45) is 0 Å². The number of hydrogen-bond donors (Lipinski definition) is 1. The van der Waals surface area contributed by atoms with Gasteiger partial charge in [-0.05, 0) is 32.9 Å². The molecule has 1 aromatic rings. The Morgan fingerprint density at radius 3 is 2.70 bits per heavy atom. The van der Waals surface area contributed by atoms with E-state index in [-0.39, 0.29) is 6.54 Å². The van der Waals surface area contributed by atoms with E-state index in [0.717, 1.165) is 0 Å². The van der Waals surface area contributed by atoms with Gasteiger partial charge in [0.25, 0.3) is 0 Å². The fourth-order valence-corrected chi connectivity index (χ4v) is 2.25. The Hall–Kier alpha value is -1.07. The van der Waals surface area contributed by atoms with Gasteiger partial charge < -0.3 is 10.1 Å². The van der Waals surface area contributed by atoms with Gasteiger partial charge in [0.15, 0.2) is 0 Å². The zero-order chi connectivity index (χ0) is 15.3. The van der Waals surface area contributed by atoms with Crippen LogP contribution in [-0.4, -0.2) is 18.2 Å². The van der Waals surface area contributed by atoms with E-state index in [9.17, 15) is 9.18 Å². The summed E-state index contributed by atoms with van der Waals surface area (Å²) < 4.78 is 19.3. The molecular formula is C14H16BrClFNO2. The smallest absolute Gasteiger partial charge is 0.407 e. The number of nitrogens with one attached hydrogen (secondary N) is 1. The van der Waals surface area contributed by atoms with E-state index in [0.29, 0.717) is 15.1 Å². The van der Waals surface area contributed by atoms with Crippen molar-refractivity contribution >= 4 is 39.7 Å². The van der Waals surface area contributed by atoms with Crippen LogP contribution in [0.25, 0.3) is 6.08 Å². The predicted molar refractivity (Wildman–Crippen MR) is 82.4 cm³/mol. The quantitative estimate of drug-likeness (QED) is 0.838. The third kappa shape index (κ3) is 5.92. The van der Waals surface area contributed by atoms with Gasteiger partial charge in [0.1, 0.15) is 11.4 Å². The number of hydrogen-bond acceptors (Lipinski definition) is 2. The molecule has 0 aliphatic heterocycles. The van der Waals surface area contributed by atoms with Crippen molar-refractivity contribution < 1.29 is 13.9 Å². The van der Waals surface area contributed by atoms with Crippen LogP contribution in [0.1, 0.15) is 26.3 Å². The van der Waals surface area contributed by atoms with Gasteiger partial charge in [-0.3, -0.25) is 0 Å². The largest absolute Gasteiger partial charge is 0.444 e. The molecule has 0 heterocycles. The minimum absolute atomic E-state index is 0.240. The molecule has 1 rings (SSSR count). The summed E-state index contributed by atoms with van der Waals surface area (Å²) in [5.41, 5.74) is -0.167. The van der Waals surface area contributed by atoms with Gasteiger partial charge in [0.2, 0.25) is 0 Å². The molecule has 0 bridgehead atoms. The maximum absolute atomic E-state index is 13.6. The fourth-order valence-electron chi connectivity index (χ4n) is 1.35. The van der Waals surface area contributed by atoms with Crippen molar-refractivity contribution in [3.8, 4) is 0 Å². The van der Waals surface area contributed by atoms with E-state index >= 15 is 0 Å². The minimum Gasteiger partial charge on any atom is -0.444 e. The Morgan fingerprint density at radius 2 is 2.15 bits per heavy atom. The van der Waals surface area contributed by atoms with Gasteiger partial charge in [-0.1, -0.05) is 39.7 Å². The van der Waals surface area contributed by atoms with Crippen LogP contribution in [0.3, 0.4) is 0 Å². The van der Waals surface area contributed by atoms with E-state index in [4.69, 9.17) is 16.3 Å². The molecule has 6 heteroatoms. The molecule has 110 valence electrons.